The van der Waals surface area contributed by atoms with Crippen LogP contribution in [0, 0.1) is 6.92 Å². The first-order valence-corrected chi connectivity index (χ1v) is 7.68. The minimum absolute atomic E-state index is 0.510. The van der Waals surface area contributed by atoms with Gasteiger partial charge in [-0.05, 0) is 37.5 Å². The maximum absolute atomic E-state index is 5.25. The first kappa shape index (κ1) is 12.0. The monoisotopic (exact) mass is 286 g/mol. The number of H-pyrrole nitrogens is 1. The van der Waals surface area contributed by atoms with E-state index in [0.29, 0.717) is 11.7 Å². The summed E-state index contributed by atoms with van der Waals surface area (Å²) in [5, 5.41) is 4.90. The third kappa shape index (κ3) is 2.31. The normalized spacial score (nSPS) is 15.1. The van der Waals surface area contributed by atoms with E-state index in [1.165, 1.54) is 18.4 Å². The molecule has 1 aromatic carbocycles. The van der Waals surface area contributed by atoms with Crippen LogP contribution in [0.3, 0.4) is 0 Å². The molecule has 0 radical (unpaired) electrons. The Labute approximate surface area is 120 Å². The summed E-state index contributed by atoms with van der Waals surface area (Å²) < 4.78 is 5.25. The Morgan fingerprint density at radius 1 is 1.35 bits per heavy atom. The lowest BCUT2D eigenvalue weighted by molar-refractivity contribution is 0.375. The van der Waals surface area contributed by atoms with Gasteiger partial charge in [-0.25, -0.2) is 4.98 Å². The SMILES string of the molecule is Cc1ccc2nc(SCc3noc(C4CC4)n3)[nH]c2c1. The Hall–Kier alpha value is -1.82. The van der Waals surface area contributed by atoms with Crippen molar-refractivity contribution in [2.24, 2.45) is 0 Å². The fraction of sp³-hybridized carbons (Fsp3) is 0.357. The van der Waals surface area contributed by atoms with Gasteiger partial charge in [-0.1, -0.05) is 23.0 Å². The Balaban J connectivity index is 1.48. The van der Waals surface area contributed by atoms with Gasteiger partial charge in [0.05, 0.1) is 16.8 Å². The van der Waals surface area contributed by atoms with E-state index < -0.39 is 0 Å². The number of benzene rings is 1. The number of hydrogen-bond donors (Lipinski definition) is 1. The van der Waals surface area contributed by atoms with E-state index >= 15 is 0 Å². The molecule has 4 rings (SSSR count). The molecule has 1 aliphatic rings. The number of imidazole rings is 1. The zero-order chi connectivity index (χ0) is 13.5. The minimum Gasteiger partial charge on any atom is -0.339 e. The number of aryl methyl sites for hydroxylation is 1. The second-order valence-electron chi connectivity index (χ2n) is 5.17. The van der Waals surface area contributed by atoms with Crippen LogP contribution < -0.4 is 0 Å². The largest absolute Gasteiger partial charge is 0.339 e. The molecule has 5 nitrogen and oxygen atoms in total. The average Bonchev–Trinajstić information content (AvgIpc) is 3.04. The van der Waals surface area contributed by atoms with Crippen molar-refractivity contribution in [2.45, 2.75) is 36.6 Å². The molecule has 3 aromatic rings. The highest BCUT2D eigenvalue weighted by atomic mass is 32.2. The molecule has 0 bridgehead atoms. The number of nitrogens with zero attached hydrogens (tertiary/aromatic N) is 3. The summed E-state index contributed by atoms with van der Waals surface area (Å²) in [4.78, 5) is 12.3. The number of rotatable bonds is 4. The zero-order valence-electron chi connectivity index (χ0n) is 11.1. The summed E-state index contributed by atoms with van der Waals surface area (Å²) in [5.41, 5.74) is 3.29. The van der Waals surface area contributed by atoms with Crippen molar-refractivity contribution in [3.05, 3.63) is 35.5 Å². The molecule has 2 aromatic heterocycles. The number of aromatic amines is 1. The van der Waals surface area contributed by atoms with Gasteiger partial charge in [0.2, 0.25) is 5.89 Å². The molecular formula is C14H14N4OS. The summed E-state index contributed by atoms with van der Waals surface area (Å²) in [6, 6.07) is 6.20. The van der Waals surface area contributed by atoms with Gasteiger partial charge in [0.25, 0.3) is 0 Å². The van der Waals surface area contributed by atoms with E-state index in [9.17, 15) is 0 Å². The third-order valence-corrected chi connectivity index (χ3v) is 4.23. The van der Waals surface area contributed by atoms with Crippen LogP contribution in [0.25, 0.3) is 11.0 Å². The summed E-state index contributed by atoms with van der Waals surface area (Å²) in [5.74, 6) is 2.72. The van der Waals surface area contributed by atoms with Gasteiger partial charge in [-0.3, -0.25) is 0 Å². The van der Waals surface area contributed by atoms with Gasteiger partial charge in [-0.2, -0.15) is 4.98 Å². The second-order valence-corrected chi connectivity index (χ2v) is 6.14. The third-order valence-electron chi connectivity index (χ3n) is 3.36. The first-order chi connectivity index (χ1) is 9.78. The molecule has 2 heterocycles. The van der Waals surface area contributed by atoms with Crippen molar-refractivity contribution in [1.29, 1.82) is 0 Å². The number of nitrogens with one attached hydrogen (secondary N) is 1. The van der Waals surface area contributed by atoms with Gasteiger partial charge in [-0.15, -0.1) is 0 Å². The Kier molecular flexibility index (Phi) is 2.77. The molecule has 0 unspecified atom stereocenters. The van der Waals surface area contributed by atoms with E-state index in [0.717, 1.165) is 27.9 Å². The van der Waals surface area contributed by atoms with Crippen LogP contribution in [-0.2, 0) is 5.75 Å². The lowest BCUT2D eigenvalue weighted by Crippen LogP contribution is -1.85. The lowest BCUT2D eigenvalue weighted by atomic mass is 10.2. The molecular weight excluding hydrogens is 272 g/mol. The Morgan fingerprint density at radius 2 is 2.25 bits per heavy atom. The number of hydrogen-bond acceptors (Lipinski definition) is 5. The van der Waals surface area contributed by atoms with Gasteiger partial charge < -0.3 is 9.51 Å². The molecule has 0 atom stereocenters. The van der Waals surface area contributed by atoms with E-state index in [1.54, 1.807) is 11.8 Å². The molecule has 1 N–H and O–H groups in total. The van der Waals surface area contributed by atoms with Gasteiger partial charge in [0.1, 0.15) is 0 Å². The summed E-state index contributed by atoms with van der Waals surface area (Å²) in [6.45, 7) is 2.08. The molecule has 1 saturated carbocycles. The van der Waals surface area contributed by atoms with Crippen LogP contribution in [0.1, 0.15) is 36.0 Å². The maximum Gasteiger partial charge on any atom is 0.229 e. The molecule has 0 spiro atoms. The lowest BCUT2D eigenvalue weighted by Gasteiger charge is -1.91. The van der Waals surface area contributed by atoms with Crippen LogP contribution in [-0.4, -0.2) is 20.1 Å². The zero-order valence-corrected chi connectivity index (χ0v) is 11.9. The maximum atomic E-state index is 5.25. The summed E-state index contributed by atoms with van der Waals surface area (Å²) in [6.07, 6.45) is 2.36. The second kappa shape index (κ2) is 4.63. The fourth-order valence-corrected chi connectivity index (χ4v) is 2.85. The molecule has 20 heavy (non-hydrogen) atoms. The average molecular weight is 286 g/mol. The smallest absolute Gasteiger partial charge is 0.229 e. The van der Waals surface area contributed by atoms with Crippen molar-refractivity contribution >= 4 is 22.8 Å². The summed E-state index contributed by atoms with van der Waals surface area (Å²) in [7, 11) is 0. The molecule has 1 fully saturated rings. The molecule has 1 aliphatic carbocycles. The topological polar surface area (TPSA) is 67.6 Å². The predicted octanol–water partition coefficient (Wildman–Crippen LogP) is 3.42. The van der Waals surface area contributed by atoms with Crippen LogP contribution in [0.2, 0.25) is 0 Å². The van der Waals surface area contributed by atoms with Gasteiger partial charge in [0, 0.05) is 5.92 Å². The molecule has 0 saturated heterocycles. The fourth-order valence-electron chi connectivity index (χ4n) is 2.12. The van der Waals surface area contributed by atoms with Crippen LogP contribution in [0.4, 0.5) is 0 Å². The molecule has 0 amide bonds. The van der Waals surface area contributed by atoms with Crippen molar-refractivity contribution in [3.63, 3.8) is 0 Å². The number of aromatic nitrogens is 4. The Morgan fingerprint density at radius 3 is 3.10 bits per heavy atom. The van der Waals surface area contributed by atoms with Crippen molar-refractivity contribution in [1.82, 2.24) is 20.1 Å². The first-order valence-electron chi connectivity index (χ1n) is 6.69. The standard InChI is InChI=1S/C14H14N4OS/c1-8-2-5-10-11(6-8)16-14(15-10)20-7-12-17-13(19-18-12)9-3-4-9/h2,5-6,9H,3-4,7H2,1H3,(H,15,16). The summed E-state index contributed by atoms with van der Waals surface area (Å²) >= 11 is 1.60. The highest BCUT2D eigenvalue weighted by Gasteiger charge is 2.29. The molecule has 0 aliphatic heterocycles. The van der Waals surface area contributed by atoms with Crippen LogP contribution in [0.15, 0.2) is 27.9 Å². The number of thioether (sulfide) groups is 1. The highest BCUT2D eigenvalue weighted by Crippen LogP contribution is 2.39. The van der Waals surface area contributed by atoms with Gasteiger partial charge >= 0.3 is 0 Å². The minimum atomic E-state index is 0.510. The van der Waals surface area contributed by atoms with E-state index in [2.05, 4.69) is 39.2 Å². The molecule has 6 heteroatoms. The van der Waals surface area contributed by atoms with E-state index in [1.807, 2.05) is 6.07 Å². The van der Waals surface area contributed by atoms with Crippen molar-refractivity contribution in [3.8, 4) is 0 Å². The van der Waals surface area contributed by atoms with Crippen LogP contribution >= 0.6 is 11.8 Å². The van der Waals surface area contributed by atoms with Crippen molar-refractivity contribution in [2.75, 3.05) is 0 Å². The van der Waals surface area contributed by atoms with Gasteiger partial charge in [0.15, 0.2) is 11.0 Å². The van der Waals surface area contributed by atoms with Crippen LogP contribution in [0.5, 0.6) is 0 Å². The highest BCUT2D eigenvalue weighted by molar-refractivity contribution is 7.98. The number of fused-ring (bicyclic) bond motifs is 1. The molecule has 102 valence electrons. The quantitative estimate of drug-likeness (QED) is 0.744. The predicted molar refractivity (Wildman–Crippen MR) is 76.7 cm³/mol. The Bertz CT molecular complexity index is 759. The van der Waals surface area contributed by atoms with E-state index in [4.69, 9.17) is 4.52 Å². The van der Waals surface area contributed by atoms with E-state index in [-0.39, 0.29) is 0 Å². The van der Waals surface area contributed by atoms with Crippen molar-refractivity contribution < 1.29 is 4.52 Å².